The lowest BCUT2D eigenvalue weighted by Gasteiger charge is -2.04. The lowest BCUT2D eigenvalue weighted by molar-refractivity contribution is 0.432. The molecule has 3 rings (SSSR count). The molecule has 0 saturated heterocycles. The quantitative estimate of drug-likeness (QED) is 0.684. The summed E-state index contributed by atoms with van der Waals surface area (Å²) in [4.78, 5) is 4.03. The number of rotatable bonds is 1. The molecule has 2 heterocycles. The van der Waals surface area contributed by atoms with Gasteiger partial charge in [0.05, 0.1) is 5.69 Å². The average molecular weight is 244 g/mol. The van der Waals surface area contributed by atoms with Crippen molar-refractivity contribution in [3.8, 4) is 17.0 Å². The highest BCUT2D eigenvalue weighted by molar-refractivity contribution is 5.64. The van der Waals surface area contributed by atoms with Crippen LogP contribution in [0.5, 0.6) is 5.75 Å². The summed E-state index contributed by atoms with van der Waals surface area (Å²) in [7, 11) is 0. The van der Waals surface area contributed by atoms with Crippen molar-refractivity contribution in [2.75, 3.05) is 5.73 Å². The molecule has 6 heteroatoms. The Morgan fingerprint density at radius 3 is 2.83 bits per heavy atom. The summed E-state index contributed by atoms with van der Waals surface area (Å²) in [6.07, 6.45) is 0. The number of hydrogen-bond donors (Lipinski definition) is 2. The topological polar surface area (TPSA) is 76.4 Å². The Bertz CT molecular complexity index is 738. The standard InChI is InChI=1S/C12H9FN4O/c13-8-6-7(4-5-10(8)18)9-2-1-3-11-15-12(14)16-17(9)11/h1-6,18H,(H2,14,16). The number of phenolic OH excluding ortho intramolecular Hbond substituents is 1. The summed E-state index contributed by atoms with van der Waals surface area (Å²) in [5.74, 6) is -0.914. The van der Waals surface area contributed by atoms with E-state index in [-0.39, 0.29) is 11.7 Å². The van der Waals surface area contributed by atoms with Crippen LogP contribution in [0.3, 0.4) is 0 Å². The summed E-state index contributed by atoms with van der Waals surface area (Å²) < 4.78 is 14.9. The van der Waals surface area contributed by atoms with Crippen molar-refractivity contribution in [2.45, 2.75) is 0 Å². The molecule has 0 aliphatic heterocycles. The maximum absolute atomic E-state index is 13.4. The summed E-state index contributed by atoms with van der Waals surface area (Å²) in [6, 6.07) is 9.44. The highest BCUT2D eigenvalue weighted by atomic mass is 19.1. The van der Waals surface area contributed by atoms with E-state index >= 15 is 0 Å². The normalized spacial score (nSPS) is 10.9. The van der Waals surface area contributed by atoms with E-state index in [4.69, 9.17) is 5.73 Å². The van der Waals surface area contributed by atoms with Crippen molar-refractivity contribution < 1.29 is 9.50 Å². The van der Waals surface area contributed by atoms with Crippen LogP contribution in [0.2, 0.25) is 0 Å². The molecule has 0 bridgehead atoms. The fourth-order valence-electron chi connectivity index (χ4n) is 1.81. The number of aromatic nitrogens is 3. The van der Waals surface area contributed by atoms with Gasteiger partial charge in [-0.05, 0) is 30.3 Å². The van der Waals surface area contributed by atoms with Gasteiger partial charge in [-0.15, -0.1) is 5.10 Å². The monoisotopic (exact) mass is 244 g/mol. The molecule has 1 aromatic carbocycles. The smallest absolute Gasteiger partial charge is 0.240 e. The molecule has 0 amide bonds. The fraction of sp³-hybridized carbons (Fsp3) is 0. The van der Waals surface area contributed by atoms with Crippen LogP contribution in [0, 0.1) is 5.82 Å². The van der Waals surface area contributed by atoms with Crippen LogP contribution in [0.4, 0.5) is 10.3 Å². The van der Waals surface area contributed by atoms with Gasteiger partial charge in [-0.25, -0.2) is 8.91 Å². The Labute approximate surface area is 101 Å². The zero-order valence-electron chi connectivity index (χ0n) is 9.21. The van der Waals surface area contributed by atoms with Gasteiger partial charge in [-0.2, -0.15) is 4.98 Å². The second-order valence-corrected chi connectivity index (χ2v) is 3.82. The molecule has 3 N–H and O–H groups in total. The van der Waals surface area contributed by atoms with Gasteiger partial charge in [0.15, 0.2) is 17.2 Å². The Balaban J connectivity index is 2.27. The first kappa shape index (κ1) is 10.5. The predicted octanol–water partition coefficient (Wildman–Crippen LogP) is 1.82. The van der Waals surface area contributed by atoms with Crippen LogP contribution in [0.15, 0.2) is 36.4 Å². The summed E-state index contributed by atoms with van der Waals surface area (Å²) >= 11 is 0. The third kappa shape index (κ3) is 1.55. The molecule has 0 spiro atoms. The number of anilines is 1. The second kappa shape index (κ2) is 3.69. The molecule has 5 nitrogen and oxygen atoms in total. The number of phenols is 1. The summed E-state index contributed by atoms with van der Waals surface area (Å²) in [5, 5.41) is 13.2. The molecule has 0 fully saturated rings. The van der Waals surface area contributed by atoms with E-state index in [1.807, 2.05) is 0 Å². The maximum Gasteiger partial charge on any atom is 0.240 e. The molecular formula is C12H9FN4O. The number of nitrogens with two attached hydrogens (primary N) is 1. The van der Waals surface area contributed by atoms with Crippen LogP contribution < -0.4 is 5.73 Å². The van der Waals surface area contributed by atoms with E-state index in [2.05, 4.69) is 10.1 Å². The molecule has 0 saturated carbocycles. The van der Waals surface area contributed by atoms with E-state index < -0.39 is 5.82 Å². The zero-order chi connectivity index (χ0) is 12.7. The molecule has 0 aliphatic carbocycles. The van der Waals surface area contributed by atoms with Crippen molar-refractivity contribution in [1.82, 2.24) is 14.6 Å². The molecule has 2 aromatic heterocycles. The van der Waals surface area contributed by atoms with Crippen LogP contribution in [-0.4, -0.2) is 19.7 Å². The predicted molar refractivity (Wildman–Crippen MR) is 64.5 cm³/mol. The van der Waals surface area contributed by atoms with E-state index in [0.29, 0.717) is 16.9 Å². The van der Waals surface area contributed by atoms with Gasteiger partial charge >= 0.3 is 0 Å². The van der Waals surface area contributed by atoms with Gasteiger partial charge in [-0.3, -0.25) is 0 Å². The lowest BCUT2D eigenvalue weighted by Crippen LogP contribution is -1.95. The number of aromatic hydroxyl groups is 1. The zero-order valence-corrected chi connectivity index (χ0v) is 9.21. The van der Waals surface area contributed by atoms with Crippen molar-refractivity contribution in [3.05, 3.63) is 42.2 Å². The first-order valence-electron chi connectivity index (χ1n) is 5.25. The number of pyridine rings is 1. The fourth-order valence-corrected chi connectivity index (χ4v) is 1.81. The minimum Gasteiger partial charge on any atom is -0.505 e. The van der Waals surface area contributed by atoms with E-state index in [1.54, 1.807) is 24.3 Å². The van der Waals surface area contributed by atoms with Gasteiger partial charge in [0.25, 0.3) is 0 Å². The van der Waals surface area contributed by atoms with E-state index in [1.165, 1.54) is 16.6 Å². The average Bonchev–Trinajstić information content (AvgIpc) is 2.72. The minimum atomic E-state index is -0.683. The minimum absolute atomic E-state index is 0.154. The largest absolute Gasteiger partial charge is 0.505 e. The number of halogens is 1. The van der Waals surface area contributed by atoms with E-state index in [9.17, 15) is 9.50 Å². The van der Waals surface area contributed by atoms with Crippen molar-refractivity contribution in [2.24, 2.45) is 0 Å². The SMILES string of the molecule is Nc1nc2cccc(-c3ccc(O)c(F)c3)n2n1. The van der Waals surface area contributed by atoms with Gasteiger partial charge in [0, 0.05) is 5.56 Å². The number of fused-ring (bicyclic) bond motifs is 1. The van der Waals surface area contributed by atoms with Gasteiger partial charge in [-0.1, -0.05) is 6.07 Å². The highest BCUT2D eigenvalue weighted by Crippen LogP contribution is 2.25. The van der Waals surface area contributed by atoms with Crippen molar-refractivity contribution in [1.29, 1.82) is 0 Å². The molecule has 0 atom stereocenters. The van der Waals surface area contributed by atoms with Crippen LogP contribution in [0.1, 0.15) is 0 Å². The van der Waals surface area contributed by atoms with Crippen LogP contribution in [0.25, 0.3) is 16.9 Å². The Morgan fingerprint density at radius 1 is 1.22 bits per heavy atom. The Morgan fingerprint density at radius 2 is 2.06 bits per heavy atom. The van der Waals surface area contributed by atoms with Gasteiger partial charge in [0.1, 0.15) is 0 Å². The van der Waals surface area contributed by atoms with E-state index in [0.717, 1.165) is 0 Å². The first-order valence-corrected chi connectivity index (χ1v) is 5.25. The molecule has 0 unspecified atom stereocenters. The molecule has 90 valence electrons. The molecule has 3 aromatic rings. The number of benzene rings is 1. The summed E-state index contributed by atoms with van der Waals surface area (Å²) in [5.41, 5.74) is 7.35. The van der Waals surface area contributed by atoms with Gasteiger partial charge < -0.3 is 10.8 Å². The lowest BCUT2D eigenvalue weighted by atomic mass is 10.1. The molecular weight excluding hydrogens is 235 g/mol. The van der Waals surface area contributed by atoms with Crippen LogP contribution >= 0.6 is 0 Å². The Kier molecular flexibility index (Phi) is 2.16. The third-order valence-electron chi connectivity index (χ3n) is 2.62. The Hall–Kier alpha value is -2.63. The molecule has 0 radical (unpaired) electrons. The van der Waals surface area contributed by atoms with Crippen LogP contribution in [-0.2, 0) is 0 Å². The molecule has 0 aliphatic rings. The number of nitrogens with zero attached hydrogens (tertiary/aromatic N) is 3. The van der Waals surface area contributed by atoms with Crippen molar-refractivity contribution >= 4 is 11.6 Å². The third-order valence-corrected chi connectivity index (χ3v) is 2.62. The van der Waals surface area contributed by atoms with Crippen molar-refractivity contribution in [3.63, 3.8) is 0 Å². The van der Waals surface area contributed by atoms with Gasteiger partial charge in [0.2, 0.25) is 5.95 Å². The first-order chi connectivity index (χ1) is 8.65. The summed E-state index contributed by atoms with van der Waals surface area (Å²) in [6.45, 7) is 0. The number of hydrogen-bond acceptors (Lipinski definition) is 4. The second-order valence-electron chi connectivity index (χ2n) is 3.82. The maximum atomic E-state index is 13.4. The molecule has 18 heavy (non-hydrogen) atoms. The number of nitrogen functional groups attached to an aromatic ring is 1. The highest BCUT2D eigenvalue weighted by Gasteiger charge is 2.09.